The van der Waals surface area contributed by atoms with Crippen molar-refractivity contribution < 1.29 is 9.53 Å². The first-order chi connectivity index (χ1) is 15.0. The second-order valence-electron chi connectivity index (χ2n) is 8.04. The van der Waals surface area contributed by atoms with Crippen LogP contribution >= 0.6 is 0 Å². The fourth-order valence-corrected chi connectivity index (χ4v) is 3.61. The van der Waals surface area contributed by atoms with Gasteiger partial charge in [-0.1, -0.05) is 18.2 Å². The fourth-order valence-electron chi connectivity index (χ4n) is 3.61. The van der Waals surface area contributed by atoms with E-state index in [-0.39, 0.29) is 5.91 Å². The second-order valence-corrected chi connectivity index (χ2v) is 8.04. The summed E-state index contributed by atoms with van der Waals surface area (Å²) in [6, 6.07) is 17.4. The molecule has 1 unspecified atom stereocenters. The predicted molar refractivity (Wildman–Crippen MR) is 124 cm³/mol. The molecule has 1 fully saturated rings. The third-order valence-corrected chi connectivity index (χ3v) is 5.69. The number of ether oxygens (including phenoxy) is 1. The number of hydrogen-bond acceptors (Lipinski definition) is 5. The van der Waals surface area contributed by atoms with Gasteiger partial charge in [-0.05, 0) is 81.1 Å². The van der Waals surface area contributed by atoms with Gasteiger partial charge in [0.15, 0.2) is 11.9 Å². The van der Waals surface area contributed by atoms with E-state index in [2.05, 4.69) is 20.4 Å². The van der Waals surface area contributed by atoms with Crippen molar-refractivity contribution in [1.82, 2.24) is 10.2 Å². The standard InChI is InChI=1S/C25H28N4O2/c1-17-6-11-22(16-18(17)2)31-19(3)25(30)26-21-9-7-20(8-10-21)23-12-13-24(28-27-23)29-14-4-5-15-29/h6-13,16,19H,4-5,14-15H2,1-3H3,(H,26,30). The monoisotopic (exact) mass is 416 g/mol. The van der Waals surface area contributed by atoms with E-state index >= 15 is 0 Å². The van der Waals surface area contributed by atoms with Crippen molar-refractivity contribution in [2.45, 2.75) is 39.7 Å². The van der Waals surface area contributed by atoms with Gasteiger partial charge in [0, 0.05) is 24.3 Å². The minimum absolute atomic E-state index is 0.194. The molecule has 1 aliphatic heterocycles. The Morgan fingerprint density at radius 3 is 2.35 bits per heavy atom. The number of carbonyl (C=O) groups excluding carboxylic acids is 1. The molecule has 6 heteroatoms. The molecule has 31 heavy (non-hydrogen) atoms. The van der Waals surface area contributed by atoms with Gasteiger partial charge in [0.25, 0.3) is 5.91 Å². The highest BCUT2D eigenvalue weighted by molar-refractivity contribution is 5.94. The summed E-state index contributed by atoms with van der Waals surface area (Å²) in [6.07, 6.45) is 1.82. The van der Waals surface area contributed by atoms with Gasteiger partial charge in [0.05, 0.1) is 5.69 Å². The SMILES string of the molecule is Cc1ccc(OC(C)C(=O)Nc2ccc(-c3ccc(N4CCCC4)nn3)cc2)cc1C. The summed E-state index contributed by atoms with van der Waals surface area (Å²) < 4.78 is 5.80. The average Bonchev–Trinajstić information content (AvgIpc) is 3.32. The van der Waals surface area contributed by atoms with Crippen LogP contribution in [0.3, 0.4) is 0 Å². The summed E-state index contributed by atoms with van der Waals surface area (Å²) in [5.41, 5.74) is 4.81. The molecule has 1 saturated heterocycles. The van der Waals surface area contributed by atoms with E-state index in [0.29, 0.717) is 11.4 Å². The second kappa shape index (κ2) is 9.16. The Bertz CT molecular complexity index is 1040. The molecular weight excluding hydrogens is 388 g/mol. The predicted octanol–water partition coefficient (Wildman–Crippen LogP) is 4.77. The summed E-state index contributed by atoms with van der Waals surface area (Å²) in [7, 11) is 0. The lowest BCUT2D eigenvalue weighted by Crippen LogP contribution is -2.30. The Morgan fingerprint density at radius 1 is 0.968 bits per heavy atom. The van der Waals surface area contributed by atoms with Crippen LogP contribution in [0, 0.1) is 13.8 Å². The maximum absolute atomic E-state index is 12.5. The third kappa shape index (κ3) is 5.02. The lowest BCUT2D eigenvalue weighted by molar-refractivity contribution is -0.122. The summed E-state index contributed by atoms with van der Waals surface area (Å²) in [5, 5.41) is 11.7. The molecule has 0 bridgehead atoms. The van der Waals surface area contributed by atoms with E-state index in [9.17, 15) is 4.79 Å². The first kappa shape index (κ1) is 20.8. The van der Waals surface area contributed by atoms with E-state index in [1.165, 1.54) is 18.4 Å². The molecule has 4 rings (SSSR count). The minimum atomic E-state index is -0.606. The van der Waals surface area contributed by atoms with Gasteiger partial charge in [-0.25, -0.2) is 0 Å². The summed E-state index contributed by atoms with van der Waals surface area (Å²) >= 11 is 0. The quantitative estimate of drug-likeness (QED) is 0.627. The molecule has 1 N–H and O–H groups in total. The lowest BCUT2D eigenvalue weighted by Gasteiger charge is -2.16. The van der Waals surface area contributed by atoms with Crippen molar-refractivity contribution in [2.24, 2.45) is 0 Å². The first-order valence-electron chi connectivity index (χ1n) is 10.7. The van der Waals surface area contributed by atoms with Gasteiger partial charge in [0.2, 0.25) is 0 Å². The molecule has 0 spiro atoms. The molecule has 2 heterocycles. The highest BCUT2D eigenvalue weighted by Gasteiger charge is 2.16. The van der Waals surface area contributed by atoms with Crippen molar-refractivity contribution in [3.05, 3.63) is 65.7 Å². The Hall–Kier alpha value is -3.41. The summed E-state index contributed by atoms with van der Waals surface area (Å²) in [4.78, 5) is 14.8. The van der Waals surface area contributed by atoms with Crippen molar-refractivity contribution in [3.63, 3.8) is 0 Å². The van der Waals surface area contributed by atoms with Gasteiger partial charge in [-0.3, -0.25) is 4.79 Å². The number of benzene rings is 2. The molecule has 3 aromatic rings. The van der Waals surface area contributed by atoms with Crippen LogP contribution in [-0.4, -0.2) is 35.3 Å². The highest BCUT2D eigenvalue weighted by Crippen LogP contribution is 2.23. The number of aromatic nitrogens is 2. The van der Waals surface area contributed by atoms with Crippen molar-refractivity contribution >= 4 is 17.4 Å². The largest absolute Gasteiger partial charge is 0.481 e. The van der Waals surface area contributed by atoms with Gasteiger partial charge >= 0.3 is 0 Å². The third-order valence-electron chi connectivity index (χ3n) is 5.69. The van der Waals surface area contributed by atoms with Crippen LogP contribution < -0.4 is 15.0 Å². The van der Waals surface area contributed by atoms with Crippen LogP contribution in [0.2, 0.25) is 0 Å². The van der Waals surface area contributed by atoms with Crippen LogP contribution in [-0.2, 0) is 4.79 Å². The summed E-state index contributed by atoms with van der Waals surface area (Å²) in [5.74, 6) is 1.43. The molecule has 1 aromatic heterocycles. The lowest BCUT2D eigenvalue weighted by atomic mass is 10.1. The molecule has 6 nitrogen and oxygen atoms in total. The highest BCUT2D eigenvalue weighted by atomic mass is 16.5. The van der Waals surface area contributed by atoms with Crippen molar-refractivity contribution in [2.75, 3.05) is 23.3 Å². The van der Waals surface area contributed by atoms with Crippen LogP contribution in [0.5, 0.6) is 5.75 Å². The zero-order valence-corrected chi connectivity index (χ0v) is 18.3. The van der Waals surface area contributed by atoms with Crippen molar-refractivity contribution in [3.8, 4) is 17.0 Å². The van der Waals surface area contributed by atoms with E-state index < -0.39 is 6.10 Å². The molecule has 1 aliphatic rings. The molecule has 2 aromatic carbocycles. The summed E-state index contributed by atoms with van der Waals surface area (Å²) in [6.45, 7) is 7.92. The molecule has 1 atom stereocenters. The number of nitrogens with one attached hydrogen (secondary N) is 1. The van der Waals surface area contributed by atoms with E-state index in [1.807, 2.05) is 68.4 Å². The number of hydrogen-bond donors (Lipinski definition) is 1. The number of carbonyl (C=O) groups is 1. The van der Waals surface area contributed by atoms with E-state index in [4.69, 9.17) is 4.74 Å². The van der Waals surface area contributed by atoms with Gasteiger partial charge in [-0.2, -0.15) is 0 Å². The van der Waals surface area contributed by atoms with Crippen molar-refractivity contribution in [1.29, 1.82) is 0 Å². The van der Waals surface area contributed by atoms with Crippen LogP contribution in [0.4, 0.5) is 11.5 Å². The zero-order chi connectivity index (χ0) is 21.8. The Kier molecular flexibility index (Phi) is 6.16. The normalized spacial score (nSPS) is 14.4. The number of amides is 1. The van der Waals surface area contributed by atoms with Gasteiger partial charge < -0.3 is 15.0 Å². The van der Waals surface area contributed by atoms with E-state index in [0.717, 1.165) is 35.7 Å². The molecule has 0 aliphatic carbocycles. The molecular formula is C25H28N4O2. The van der Waals surface area contributed by atoms with Crippen LogP contribution in [0.25, 0.3) is 11.3 Å². The first-order valence-corrected chi connectivity index (χ1v) is 10.7. The molecule has 0 radical (unpaired) electrons. The Labute approximate surface area is 183 Å². The topological polar surface area (TPSA) is 67.3 Å². The molecule has 1 amide bonds. The number of nitrogens with zero attached hydrogens (tertiary/aromatic N) is 3. The van der Waals surface area contributed by atoms with Gasteiger partial charge in [-0.15, -0.1) is 10.2 Å². The van der Waals surface area contributed by atoms with Gasteiger partial charge in [0.1, 0.15) is 5.75 Å². The molecule has 160 valence electrons. The van der Waals surface area contributed by atoms with Crippen LogP contribution in [0.1, 0.15) is 30.9 Å². The number of rotatable bonds is 6. The molecule has 0 saturated carbocycles. The maximum Gasteiger partial charge on any atom is 0.265 e. The maximum atomic E-state index is 12.5. The number of anilines is 2. The van der Waals surface area contributed by atoms with E-state index in [1.54, 1.807) is 6.92 Å². The minimum Gasteiger partial charge on any atom is -0.481 e. The van der Waals surface area contributed by atoms with Crippen LogP contribution in [0.15, 0.2) is 54.6 Å². The fraction of sp³-hybridized carbons (Fsp3) is 0.320. The zero-order valence-electron chi connectivity index (χ0n) is 18.3. The Balaban J connectivity index is 1.36. The number of aryl methyl sites for hydroxylation is 2. The average molecular weight is 417 g/mol. The smallest absolute Gasteiger partial charge is 0.265 e. The Morgan fingerprint density at radius 2 is 1.71 bits per heavy atom.